The Kier molecular flexibility index (Phi) is 5.39. The number of rotatable bonds is 3. The lowest BCUT2D eigenvalue weighted by Crippen LogP contribution is -2.21. The first-order valence-electron chi connectivity index (χ1n) is 5.89. The summed E-state index contributed by atoms with van der Waals surface area (Å²) in [4.78, 5) is 11.2. The molecular weight excluding hydrogens is 220 g/mol. The van der Waals surface area contributed by atoms with Crippen LogP contribution in [0.25, 0.3) is 0 Å². The van der Waals surface area contributed by atoms with Crippen molar-refractivity contribution in [1.82, 2.24) is 0 Å². The third-order valence-electron chi connectivity index (χ3n) is 3.18. The van der Waals surface area contributed by atoms with E-state index in [1.807, 2.05) is 0 Å². The molecule has 0 heterocycles. The predicted molar refractivity (Wildman–Crippen MR) is 69.7 cm³/mol. The summed E-state index contributed by atoms with van der Waals surface area (Å²) in [5.74, 6) is 1.14. The second-order valence-corrected chi connectivity index (χ2v) is 5.97. The van der Waals surface area contributed by atoms with Gasteiger partial charge in [-0.05, 0) is 39.0 Å². The standard InChI is InChI=1S/C13H22O2S/c1-9(2)11-6-5-10(3)7-12(11)16-8-13(14)15-4/h10,12H,5-8H2,1-4H3. The van der Waals surface area contributed by atoms with Gasteiger partial charge in [0.05, 0.1) is 12.9 Å². The van der Waals surface area contributed by atoms with E-state index < -0.39 is 0 Å². The number of methoxy groups -OCH3 is 1. The van der Waals surface area contributed by atoms with Crippen molar-refractivity contribution < 1.29 is 9.53 Å². The van der Waals surface area contributed by atoms with Crippen molar-refractivity contribution in [1.29, 1.82) is 0 Å². The van der Waals surface area contributed by atoms with Crippen LogP contribution in [0, 0.1) is 5.92 Å². The van der Waals surface area contributed by atoms with Crippen LogP contribution in [0.3, 0.4) is 0 Å². The monoisotopic (exact) mass is 242 g/mol. The highest BCUT2D eigenvalue weighted by molar-refractivity contribution is 8.00. The molecule has 16 heavy (non-hydrogen) atoms. The van der Waals surface area contributed by atoms with E-state index in [0.717, 1.165) is 5.92 Å². The minimum Gasteiger partial charge on any atom is -0.468 e. The van der Waals surface area contributed by atoms with E-state index in [4.69, 9.17) is 0 Å². The summed E-state index contributed by atoms with van der Waals surface area (Å²) >= 11 is 1.74. The van der Waals surface area contributed by atoms with E-state index in [2.05, 4.69) is 25.5 Å². The molecule has 0 N–H and O–H groups in total. The maximum Gasteiger partial charge on any atom is 0.315 e. The molecule has 1 saturated carbocycles. The molecule has 2 unspecified atom stereocenters. The van der Waals surface area contributed by atoms with Gasteiger partial charge in [-0.1, -0.05) is 18.1 Å². The number of carbonyl (C=O) groups excluding carboxylic acids is 1. The molecule has 1 fully saturated rings. The van der Waals surface area contributed by atoms with Crippen molar-refractivity contribution in [3.05, 3.63) is 11.1 Å². The fourth-order valence-corrected chi connectivity index (χ4v) is 3.63. The van der Waals surface area contributed by atoms with E-state index in [-0.39, 0.29) is 5.97 Å². The summed E-state index contributed by atoms with van der Waals surface area (Å²) in [7, 11) is 1.45. The molecule has 0 amide bonds. The van der Waals surface area contributed by atoms with Crippen LogP contribution in [-0.4, -0.2) is 24.1 Å². The molecule has 2 nitrogen and oxygen atoms in total. The molecule has 3 heteroatoms. The first-order chi connectivity index (χ1) is 7.54. The van der Waals surface area contributed by atoms with Crippen molar-refractivity contribution >= 4 is 17.7 Å². The summed E-state index contributed by atoms with van der Waals surface area (Å²) in [5.41, 5.74) is 2.97. The number of ether oxygens (including phenoxy) is 1. The largest absolute Gasteiger partial charge is 0.468 e. The summed E-state index contributed by atoms with van der Waals surface area (Å²) in [6.07, 6.45) is 3.68. The minimum atomic E-state index is -0.115. The molecule has 0 aromatic heterocycles. The molecule has 92 valence electrons. The lowest BCUT2D eigenvalue weighted by Gasteiger charge is -2.30. The Hall–Kier alpha value is -0.440. The van der Waals surface area contributed by atoms with Crippen molar-refractivity contribution in [2.45, 2.75) is 45.3 Å². The molecule has 1 aliphatic rings. The van der Waals surface area contributed by atoms with Gasteiger partial charge in [0.25, 0.3) is 0 Å². The van der Waals surface area contributed by atoms with Crippen molar-refractivity contribution in [3.63, 3.8) is 0 Å². The zero-order valence-corrected chi connectivity index (χ0v) is 11.5. The fourth-order valence-electron chi connectivity index (χ4n) is 2.16. The summed E-state index contributed by atoms with van der Waals surface area (Å²) in [6.45, 7) is 6.65. The summed E-state index contributed by atoms with van der Waals surface area (Å²) < 4.78 is 4.69. The smallest absolute Gasteiger partial charge is 0.315 e. The first-order valence-corrected chi connectivity index (χ1v) is 6.94. The molecule has 0 radical (unpaired) electrons. The Morgan fingerprint density at radius 1 is 1.50 bits per heavy atom. The maximum absolute atomic E-state index is 11.2. The van der Waals surface area contributed by atoms with Crippen LogP contribution in [0.15, 0.2) is 11.1 Å². The van der Waals surface area contributed by atoms with Crippen LogP contribution < -0.4 is 0 Å². The Morgan fingerprint density at radius 2 is 2.19 bits per heavy atom. The minimum absolute atomic E-state index is 0.115. The molecular formula is C13H22O2S. The predicted octanol–water partition coefficient (Wildman–Crippen LogP) is 3.42. The lowest BCUT2D eigenvalue weighted by atomic mass is 9.85. The summed E-state index contributed by atoms with van der Waals surface area (Å²) in [6, 6.07) is 0. The van der Waals surface area contributed by atoms with Gasteiger partial charge in [-0.2, -0.15) is 0 Å². The number of hydrogen-bond donors (Lipinski definition) is 0. The van der Waals surface area contributed by atoms with Crippen LogP contribution in [0.1, 0.15) is 40.0 Å². The van der Waals surface area contributed by atoms with E-state index >= 15 is 0 Å². The second kappa shape index (κ2) is 6.33. The molecule has 0 spiro atoms. The van der Waals surface area contributed by atoms with Gasteiger partial charge in [0.2, 0.25) is 0 Å². The lowest BCUT2D eigenvalue weighted by molar-refractivity contribution is -0.137. The van der Waals surface area contributed by atoms with Crippen LogP contribution in [0.4, 0.5) is 0 Å². The molecule has 1 rings (SSSR count). The van der Waals surface area contributed by atoms with Gasteiger partial charge in [0.15, 0.2) is 0 Å². The van der Waals surface area contributed by atoms with Gasteiger partial charge in [-0.3, -0.25) is 4.79 Å². The van der Waals surface area contributed by atoms with E-state index in [0.29, 0.717) is 11.0 Å². The quantitative estimate of drug-likeness (QED) is 0.560. The normalized spacial score (nSPS) is 25.4. The SMILES string of the molecule is COC(=O)CSC1CC(C)CCC1=C(C)C. The van der Waals surface area contributed by atoms with E-state index in [1.165, 1.54) is 31.9 Å². The molecule has 0 aromatic rings. The van der Waals surface area contributed by atoms with Gasteiger partial charge in [0, 0.05) is 5.25 Å². The molecule has 1 aliphatic carbocycles. The third-order valence-corrected chi connectivity index (χ3v) is 4.47. The average molecular weight is 242 g/mol. The number of allylic oxidation sites excluding steroid dienone is 1. The number of carbonyl (C=O) groups is 1. The maximum atomic E-state index is 11.2. The van der Waals surface area contributed by atoms with Gasteiger partial charge in [-0.15, -0.1) is 11.8 Å². The number of hydrogen-bond acceptors (Lipinski definition) is 3. The van der Waals surface area contributed by atoms with Gasteiger partial charge in [-0.25, -0.2) is 0 Å². The van der Waals surface area contributed by atoms with Crippen LogP contribution >= 0.6 is 11.8 Å². The summed E-state index contributed by atoms with van der Waals surface area (Å²) in [5, 5.41) is 0.521. The van der Waals surface area contributed by atoms with Crippen molar-refractivity contribution in [2.75, 3.05) is 12.9 Å². The van der Waals surface area contributed by atoms with Crippen LogP contribution in [-0.2, 0) is 9.53 Å². The molecule has 0 aromatic carbocycles. The topological polar surface area (TPSA) is 26.3 Å². The average Bonchev–Trinajstić information content (AvgIpc) is 2.25. The highest BCUT2D eigenvalue weighted by Gasteiger charge is 2.25. The fraction of sp³-hybridized carbons (Fsp3) is 0.769. The highest BCUT2D eigenvalue weighted by Crippen LogP contribution is 2.37. The van der Waals surface area contributed by atoms with Crippen LogP contribution in [0.5, 0.6) is 0 Å². The molecule has 0 saturated heterocycles. The molecule has 0 bridgehead atoms. The third kappa shape index (κ3) is 3.85. The zero-order valence-electron chi connectivity index (χ0n) is 10.7. The number of esters is 1. The Morgan fingerprint density at radius 3 is 2.75 bits per heavy atom. The highest BCUT2D eigenvalue weighted by atomic mass is 32.2. The number of thioether (sulfide) groups is 1. The van der Waals surface area contributed by atoms with E-state index in [1.54, 1.807) is 17.3 Å². The zero-order chi connectivity index (χ0) is 12.1. The van der Waals surface area contributed by atoms with E-state index in [9.17, 15) is 4.79 Å². The Labute approximate surface area is 103 Å². The Bertz CT molecular complexity index is 280. The first kappa shape index (κ1) is 13.6. The van der Waals surface area contributed by atoms with Crippen LogP contribution in [0.2, 0.25) is 0 Å². The van der Waals surface area contributed by atoms with Gasteiger partial charge < -0.3 is 4.74 Å². The molecule has 0 aliphatic heterocycles. The van der Waals surface area contributed by atoms with Gasteiger partial charge in [0.1, 0.15) is 0 Å². The van der Waals surface area contributed by atoms with Crippen molar-refractivity contribution in [3.8, 4) is 0 Å². The van der Waals surface area contributed by atoms with Crippen molar-refractivity contribution in [2.24, 2.45) is 5.92 Å². The second-order valence-electron chi connectivity index (χ2n) is 4.78. The molecule has 2 atom stereocenters. The van der Waals surface area contributed by atoms with Gasteiger partial charge >= 0.3 is 5.97 Å². The Balaban J connectivity index is 2.59.